The van der Waals surface area contributed by atoms with Crippen molar-refractivity contribution in [2.45, 2.75) is 31.3 Å². The molecule has 1 aromatic rings. The molecule has 1 aromatic carbocycles. The predicted molar refractivity (Wildman–Crippen MR) is 76.7 cm³/mol. The molecule has 0 radical (unpaired) electrons. The van der Waals surface area contributed by atoms with Crippen LogP contribution in [0.1, 0.15) is 36.0 Å². The van der Waals surface area contributed by atoms with Gasteiger partial charge in [-0.1, -0.05) is 12.1 Å². The molecule has 0 aliphatic carbocycles. The van der Waals surface area contributed by atoms with Crippen LogP contribution in [-0.4, -0.2) is 47.0 Å². The second kappa shape index (κ2) is 5.48. The zero-order valence-corrected chi connectivity index (χ0v) is 11.9. The summed E-state index contributed by atoms with van der Waals surface area (Å²) >= 11 is 0. The fraction of sp³-hybridized carbons (Fsp3) is 0.500. The number of hydrogen-bond acceptors (Lipinski definition) is 4. The second-order valence-corrected chi connectivity index (χ2v) is 5.90. The van der Waals surface area contributed by atoms with Crippen LogP contribution in [-0.2, 0) is 4.79 Å². The maximum absolute atomic E-state index is 12.3. The number of carbonyl (C=O) groups excluding carboxylic acids is 1. The number of nitrogens with zero attached hydrogens (tertiary/aromatic N) is 1. The molecule has 0 saturated carbocycles. The Morgan fingerprint density at radius 3 is 2.90 bits per heavy atom. The fourth-order valence-corrected chi connectivity index (χ4v) is 3.29. The summed E-state index contributed by atoms with van der Waals surface area (Å²) in [5, 5.41) is 8.90. The van der Waals surface area contributed by atoms with Crippen molar-refractivity contribution in [3.05, 3.63) is 29.8 Å². The molecule has 1 fully saturated rings. The standard InChI is InChI=1S/C16H19NO4/c18-13-10-16(21-14-5-2-1-4-12(13)14)6-3-8-17(9-7-16)11-15(19)20/h1-2,4-5H,3,6-11H2,(H,19,20). The largest absolute Gasteiger partial charge is 0.486 e. The van der Waals surface area contributed by atoms with E-state index in [0.717, 1.165) is 19.4 Å². The van der Waals surface area contributed by atoms with Crippen LogP contribution in [0.4, 0.5) is 0 Å². The Morgan fingerprint density at radius 1 is 1.29 bits per heavy atom. The lowest BCUT2D eigenvalue weighted by Crippen LogP contribution is -2.43. The van der Waals surface area contributed by atoms with E-state index in [9.17, 15) is 9.59 Å². The Labute approximate surface area is 123 Å². The lowest BCUT2D eigenvalue weighted by molar-refractivity contribution is -0.138. The molecule has 2 aliphatic heterocycles. The number of para-hydroxylation sites is 1. The van der Waals surface area contributed by atoms with Gasteiger partial charge in [0.05, 0.1) is 18.5 Å². The lowest BCUT2D eigenvalue weighted by Gasteiger charge is -2.37. The van der Waals surface area contributed by atoms with Gasteiger partial charge in [-0.2, -0.15) is 0 Å². The molecule has 1 atom stereocenters. The molecule has 0 aromatic heterocycles. The Bertz CT molecular complexity index is 571. The first-order chi connectivity index (χ1) is 10.1. The number of carboxylic acids is 1. The van der Waals surface area contributed by atoms with Gasteiger partial charge in [0.25, 0.3) is 0 Å². The monoisotopic (exact) mass is 289 g/mol. The number of carboxylic acid groups (broad SMARTS) is 1. The molecule has 0 amide bonds. The van der Waals surface area contributed by atoms with Crippen molar-refractivity contribution in [2.24, 2.45) is 0 Å². The number of aliphatic carboxylic acids is 1. The first-order valence-corrected chi connectivity index (χ1v) is 7.33. The predicted octanol–water partition coefficient (Wildman–Crippen LogP) is 1.96. The molecule has 112 valence electrons. The van der Waals surface area contributed by atoms with Crippen LogP contribution in [0.25, 0.3) is 0 Å². The quantitative estimate of drug-likeness (QED) is 0.901. The average Bonchev–Trinajstić information content (AvgIpc) is 2.61. The number of hydrogen-bond donors (Lipinski definition) is 1. The van der Waals surface area contributed by atoms with E-state index in [0.29, 0.717) is 30.7 Å². The summed E-state index contributed by atoms with van der Waals surface area (Å²) in [5.41, 5.74) is 0.202. The van der Waals surface area contributed by atoms with E-state index < -0.39 is 11.6 Å². The number of carbonyl (C=O) groups is 2. The molecular weight excluding hydrogens is 270 g/mol. The minimum atomic E-state index is -0.808. The van der Waals surface area contributed by atoms with Gasteiger partial charge in [-0.3, -0.25) is 14.5 Å². The summed E-state index contributed by atoms with van der Waals surface area (Å²) in [6, 6.07) is 7.37. The number of Topliss-reactive ketones (excluding diaryl/α,β-unsaturated/α-hetero) is 1. The molecule has 21 heavy (non-hydrogen) atoms. The van der Waals surface area contributed by atoms with E-state index in [-0.39, 0.29) is 12.3 Å². The van der Waals surface area contributed by atoms with Crippen molar-refractivity contribution >= 4 is 11.8 Å². The van der Waals surface area contributed by atoms with E-state index in [4.69, 9.17) is 9.84 Å². The Kier molecular flexibility index (Phi) is 3.68. The third-order valence-corrected chi connectivity index (χ3v) is 4.35. The van der Waals surface area contributed by atoms with Crippen LogP contribution >= 0.6 is 0 Å². The minimum absolute atomic E-state index is 0.0562. The molecule has 1 saturated heterocycles. The molecule has 1 spiro atoms. The number of ketones is 1. The van der Waals surface area contributed by atoms with Crippen molar-refractivity contribution in [2.75, 3.05) is 19.6 Å². The minimum Gasteiger partial charge on any atom is -0.486 e. The maximum atomic E-state index is 12.3. The van der Waals surface area contributed by atoms with Gasteiger partial charge in [-0.25, -0.2) is 0 Å². The van der Waals surface area contributed by atoms with Crippen LogP contribution in [0.3, 0.4) is 0 Å². The fourth-order valence-electron chi connectivity index (χ4n) is 3.29. The molecule has 2 heterocycles. The smallest absolute Gasteiger partial charge is 0.317 e. The Morgan fingerprint density at radius 2 is 2.10 bits per heavy atom. The first-order valence-electron chi connectivity index (χ1n) is 7.33. The van der Waals surface area contributed by atoms with Gasteiger partial charge in [0.2, 0.25) is 0 Å². The molecule has 1 N–H and O–H groups in total. The van der Waals surface area contributed by atoms with Gasteiger partial charge in [-0.15, -0.1) is 0 Å². The zero-order valence-electron chi connectivity index (χ0n) is 11.9. The van der Waals surface area contributed by atoms with E-state index in [1.165, 1.54) is 0 Å². The summed E-state index contributed by atoms with van der Waals surface area (Å²) in [6.45, 7) is 1.45. The number of likely N-dealkylation sites (tertiary alicyclic amines) is 1. The number of ether oxygens (including phenoxy) is 1. The van der Waals surface area contributed by atoms with Crippen molar-refractivity contribution < 1.29 is 19.4 Å². The van der Waals surface area contributed by atoms with Crippen molar-refractivity contribution in [3.8, 4) is 5.75 Å². The second-order valence-electron chi connectivity index (χ2n) is 5.90. The average molecular weight is 289 g/mol. The van der Waals surface area contributed by atoms with Gasteiger partial charge in [-0.05, 0) is 31.5 Å². The van der Waals surface area contributed by atoms with Crippen LogP contribution in [0.15, 0.2) is 24.3 Å². The van der Waals surface area contributed by atoms with Crippen molar-refractivity contribution in [3.63, 3.8) is 0 Å². The normalized spacial score (nSPS) is 26.0. The van der Waals surface area contributed by atoms with Gasteiger partial charge >= 0.3 is 5.97 Å². The zero-order chi connectivity index (χ0) is 14.9. The van der Waals surface area contributed by atoms with E-state index in [1.54, 1.807) is 6.07 Å². The highest BCUT2D eigenvalue weighted by Crippen LogP contribution is 2.39. The summed E-state index contributed by atoms with van der Waals surface area (Å²) in [5.74, 6) is -0.0131. The van der Waals surface area contributed by atoms with Crippen molar-refractivity contribution in [1.82, 2.24) is 4.90 Å². The Balaban J connectivity index is 1.77. The lowest BCUT2D eigenvalue weighted by atomic mass is 9.84. The van der Waals surface area contributed by atoms with Gasteiger partial charge in [0.15, 0.2) is 5.78 Å². The summed E-state index contributed by atoms with van der Waals surface area (Å²) < 4.78 is 6.17. The van der Waals surface area contributed by atoms with Crippen LogP contribution in [0.2, 0.25) is 0 Å². The highest BCUT2D eigenvalue weighted by Gasteiger charge is 2.41. The molecule has 0 bridgehead atoms. The van der Waals surface area contributed by atoms with E-state index in [2.05, 4.69) is 0 Å². The topological polar surface area (TPSA) is 66.8 Å². The summed E-state index contributed by atoms with van der Waals surface area (Å²) in [6.07, 6.45) is 2.73. The molecule has 5 heteroatoms. The summed E-state index contributed by atoms with van der Waals surface area (Å²) in [4.78, 5) is 25.1. The highest BCUT2D eigenvalue weighted by molar-refractivity contribution is 6.00. The van der Waals surface area contributed by atoms with Crippen LogP contribution in [0, 0.1) is 0 Å². The number of benzene rings is 1. The van der Waals surface area contributed by atoms with Crippen molar-refractivity contribution in [1.29, 1.82) is 0 Å². The molecule has 5 nitrogen and oxygen atoms in total. The SMILES string of the molecule is O=C(O)CN1CCCC2(CC1)CC(=O)c1ccccc1O2. The van der Waals surface area contributed by atoms with Gasteiger partial charge in [0.1, 0.15) is 11.4 Å². The van der Waals surface area contributed by atoms with E-state index >= 15 is 0 Å². The number of fused-ring (bicyclic) bond motifs is 1. The molecule has 1 unspecified atom stereocenters. The first kappa shape index (κ1) is 14.1. The maximum Gasteiger partial charge on any atom is 0.317 e. The third-order valence-electron chi connectivity index (χ3n) is 4.35. The van der Waals surface area contributed by atoms with Gasteiger partial charge in [0, 0.05) is 13.0 Å². The van der Waals surface area contributed by atoms with E-state index in [1.807, 2.05) is 23.1 Å². The van der Waals surface area contributed by atoms with Gasteiger partial charge < -0.3 is 9.84 Å². The Hall–Kier alpha value is -1.88. The third kappa shape index (κ3) is 2.93. The summed E-state index contributed by atoms with van der Waals surface area (Å²) in [7, 11) is 0. The molecule has 2 aliphatic rings. The molecular formula is C16H19NO4. The highest BCUT2D eigenvalue weighted by atomic mass is 16.5. The number of rotatable bonds is 2. The molecule has 3 rings (SSSR count). The van der Waals surface area contributed by atoms with Crippen LogP contribution < -0.4 is 4.74 Å². The van der Waals surface area contributed by atoms with Crippen LogP contribution in [0.5, 0.6) is 5.75 Å².